The Morgan fingerprint density at radius 1 is 1.35 bits per heavy atom. The molecule has 2 N–H and O–H groups in total. The average Bonchev–Trinajstić information content (AvgIpc) is 2.42. The molecule has 20 heavy (non-hydrogen) atoms. The molecule has 0 atom stereocenters. The van der Waals surface area contributed by atoms with Crippen molar-refractivity contribution in [2.24, 2.45) is 5.73 Å². The summed E-state index contributed by atoms with van der Waals surface area (Å²) in [6.07, 6.45) is 4.10. The lowest BCUT2D eigenvalue weighted by Gasteiger charge is -2.26. The molecule has 1 aliphatic heterocycles. The summed E-state index contributed by atoms with van der Waals surface area (Å²) >= 11 is 14.1. The molecule has 108 valence electrons. The summed E-state index contributed by atoms with van der Waals surface area (Å²) in [5.74, 6) is 0.0442. The maximum atomic E-state index is 13.4. The van der Waals surface area contributed by atoms with Gasteiger partial charge in [0.25, 0.3) is 0 Å². The Balaban J connectivity index is 1.96. The third-order valence-corrected chi connectivity index (χ3v) is 4.22. The maximum absolute atomic E-state index is 13.4. The van der Waals surface area contributed by atoms with Crippen LogP contribution in [-0.4, -0.2) is 18.2 Å². The predicted octanol–water partition coefficient (Wildman–Crippen LogP) is 4.04. The van der Waals surface area contributed by atoms with Crippen LogP contribution in [0.5, 0.6) is 0 Å². The SMILES string of the molecule is NC1=CC=C(I)CN1OCCc1c(Cl)ccc(F)c1Cl. The maximum Gasteiger partial charge on any atom is 0.142 e. The van der Waals surface area contributed by atoms with E-state index in [0.717, 1.165) is 3.58 Å². The first-order valence-electron chi connectivity index (χ1n) is 5.83. The van der Waals surface area contributed by atoms with Crippen molar-refractivity contribution in [1.82, 2.24) is 5.06 Å². The van der Waals surface area contributed by atoms with Crippen molar-refractivity contribution in [2.75, 3.05) is 13.2 Å². The molecule has 0 saturated carbocycles. The van der Waals surface area contributed by atoms with Crippen LogP contribution in [0.4, 0.5) is 4.39 Å². The van der Waals surface area contributed by atoms with Crippen LogP contribution in [0.1, 0.15) is 5.56 Å². The van der Waals surface area contributed by atoms with Crippen molar-refractivity contribution in [3.8, 4) is 0 Å². The lowest BCUT2D eigenvalue weighted by atomic mass is 10.1. The summed E-state index contributed by atoms with van der Waals surface area (Å²) in [6, 6.07) is 2.73. The Morgan fingerprint density at radius 3 is 2.85 bits per heavy atom. The van der Waals surface area contributed by atoms with Gasteiger partial charge < -0.3 is 5.73 Å². The Morgan fingerprint density at radius 2 is 2.10 bits per heavy atom. The predicted molar refractivity (Wildman–Crippen MR) is 87.2 cm³/mol. The van der Waals surface area contributed by atoms with E-state index >= 15 is 0 Å². The van der Waals surface area contributed by atoms with Gasteiger partial charge in [-0.25, -0.2) is 9.45 Å². The van der Waals surface area contributed by atoms with E-state index in [4.69, 9.17) is 33.8 Å². The number of rotatable bonds is 4. The number of hydrogen-bond donors (Lipinski definition) is 1. The highest BCUT2D eigenvalue weighted by Crippen LogP contribution is 2.28. The Labute approximate surface area is 140 Å². The van der Waals surface area contributed by atoms with Crippen LogP contribution in [-0.2, 0) is 11.3 Å². The second-order valence-electron chi connectivity index (χ2n) is 4.15. The topological polar surface area (TPSA) is 38.5 Å². The van der Waals surface area contributed by atoms with Gasteiger partial charge in [-0.3, -0.25) is 4.84 Å². The highest BCUT2D eigenvalue weighted by Gasteiger charge is 2.14. The zero-order valence-electron chi connectivity index (χ0n) is 10.4. The van der Waals surface area contributed by atoms with Gasteiger partial charge in [-0.05, 0) is 52.4 Å². The minimum Gasteiger partial charge on any atom is -0.384 e. The standard InChI is InChI=1S/C13H12Cl2FIN2O/c14-10-2-3-11(16)13(15)9(10)5-6-20-19-7-8(17)1-4-12(19)18/h1-4H,5-7,18H2. The van der Waals surface area contributed by atoms with Crippen LogP contribution in [0, 0.1) is 5.82 Å². The van der Waals surface area contributed by atoms with Crippen molar-refractivity contribution in [3.63, 3.8) is 0 Å². The van der Waals surface area contributed by atoms with Gasteiger partial charge in [-0.15, -0.1) is 0 Å². The molecule has 1 aliphatic rings. The molecule has 1 aromatic carbocycles. The van der Waals surface area contributed by atoms with Gasteiger partial charge in [0.1, 0.15) is 11.6 Å². The summed E-state index contributed by atoms with van der Waals surface area (Å²) in [6.45, 7) is 0.898. The Hall–Kier alpha value is -0.500. The fourth-order valence-corrected chi connectivity index (χ4v) is 2.77. The molecule has 3 nitrogen and oxygen atoms in total. The smallest absolute Gasteiger partial charge is 0.142 e. The van der Waals surface area contributed by atoms with Gasteiger partial charge in [0.05, 0.1) is 18.2 Å². The minimum absolute atomic E-state index is 0.0396. The molecule has 1 aromatic rings. The molecule has 0 radical (unpaired) electrons. The quantitative estimate of drug-likeness (QED) is 0.581. The largest absolute Gasteiger partial charge is 0.384 e. The highest BCUT2D eigenvalue weighted by molar-refractivity contribution is 14.1. The van der Waals surface area contributed by atoms with Crippen LogP contribution in [0.25, 0.3) is 0 Å². The first-order valence-corrected chi connectivity index (χ1v) is 7.67. The molecule has 7 heteroatoms. The molecule has 0 saturated heterocycles. The molecule has 0 amide bonds. The molecule has 0 fully saturated rings. The number of benzene rings is 1. The summed E-state index contributed by atoms with van der Waals surface area (Å²) < 4.78 is 14.5. The van der Waals surface area contributed by atoms with E-state index in [1.807, 2.05) is 6.08 Å². The van der Waals surface area contributed by atoms with Crippen LogP contribution in [0.3, 0.4) is 0 Å². The van der Waals surface area contributed by atoms with Crippen LogP contribution in [0.15, 0.2) is 33.7 Å². The van der Waals surface area contributed by atoms with Crippen molar-refractivity contribution in [1.29, 1.82) is 0 Å². The molecule has 0 unspecified atom stereocenters. The number of halogens is 4. The van der Waals surface area contributed by atoms with Crippen molar-refractivity contribution in [3.05, 3.63) is 55.1 Å². The number of allylic oxidation sites excluding steroid dienone is 2. The second kappa shape index (κ2) is 6.98. The second-order valence-corrected chi connectivity index (χ2v) is 6.32. The zero-order chi connectivity index (χ0) is 14.7. The van der Waals surface area contributed by atoms with E-state index < -0.39 is 5.82 Å². The fraction of sp³-hybridized carbons (Fsp3) is 0.231. The summed E-state index contributed by atoms with van der Waals surface area (Å²) in [4.78, 5) is 5.57. The van der Waals surface area contributed by atoms with Crippen molar-refractivity contribution in [2.45, 2.75) is 6.42 Å². The van der Waals surface area contributed by atoms with E-state index in [9.17, 15) is 4.39 Å². The van der Waals surface area contributed by atoms with E-state index in [1.54, 1.807) is 11.1 Å². The molecule has 0 bridgehead atoms. The van der Waals surface area contributed by atoms with E-state index in [2.05, 4.69) is 22.6 Å². The van der Waals surface area contributed by atoms with E-state index in [1.165, 1.54) is 12.1 Å². The van der Waals surface area contributed by atoms with Crippen molar-refractivity contribution < 1.29 is 9.23 Å². The van der Waals surface area contributed by atoms with Crippen LogP contribution in [0.2, 0.25) is 10.0 Å². The Kier molecular flexibility index (Phi) is 5.54. The third kappa shape index (κ3) is 3.78. The Bertz CT molecular complexity index is 578. The summed E-state index contributed by atoms with van der Waals surface area (Å²) in [5.41, 5.74) is 6.35. The minimum atomic E-state index is -0.485. The van der Waals surface area contributed by atoms with Crippen LogP contribution >= 0.6 is 45.8 Å². The summed E-state index contributed by atoms with van der Waals surface area (Å²) in [5, 5.41) is 2.05. The van der Waals surface area contributed by atoms with E-state index in [0.29, 0.717) is 36.0 Å². The third-order valence-electron chi connectivity index (χ3n) is 2.76. The normalized spacial score (nSPS) is 15.1. The zero-order valence-corrected chi connectivity index (χ0v) is 14.0. The van der Waals surface area contributed by atoms with Gasteiger partial charge in [-0.1, -0.05) is 23.2 Å². The molecule has 1 heterocycles. The lowest BCUT2D eigenvalue weighted by Crippen LogP contribution is -2.31. The monoisotopic (exact) mass is 428 g/mol. The van der Waals surface area contributed by atoms with E-state index in [-0.39, 0.29) is 5.02 Å². The first-order chi connectivity index (χ1) is 9.49. The molecule has 2 rings (SSSR count). The van der Waals surface area contributed by atoms with Gasteiger partial charge in [0.15, 0.2) is 0 Å². The molecular weight excluding hydrogens is 417 g/mol. The number of hydroxylamine groups is 2. The molecule has 0 spiro atoms. The molecule has 0 aromatic heterocycles. The molecular formula is C13H12Cl2FIN2O. The van der Waals surface area contributed by atoms with Gasteiger partial charge in [-0.2, -0.15) is 0 Å². The van der Waals surface area contributed by atoms with Crippen molar-refractivity contribution >= 4 is 45.8 Å². The molecule has 0 aliphatic carbocycles. The fourth-order valence-electron chi connectivity index (χ4n) is 1.72. The summed E-state index contributed by atoms with van der Waals surface area (Å²) in [7, 11) is 0. The number of nitrogens with two attached hydrogens (primary N) is 1. The van der Waals surface area contributed by atoms with Gasteiger partial charge in [0.2, 0.25) is 0 Å². The van der Waals surface area contributed by atoms with Crippen LogP contribution < -0.4 is 5.73 Å². The highest BCUT2D eigenvalue weighted by atomic mass is 127. The number of nitrogens with zero attached hydrogens (tertiary/aromatic N) is 1. The number of hydrogen-bond acceptors (Lipinski definition) is 3. The average molecular weight is 429 g/mol. The van der Waals surface area contributed by atoms with Gasteiger partial charge >= 0.3 is 0 Å². The first kappa shape index (κ1) is 15.9. The lowest BCUT2D eigenvalue weighted by molar-refractivity contribution is -0.124. The van der Waals surface area contributed by atoms with Gasteiger partial charge in [0, 0.05) is 15.0 Å².